The smallest absolute Gasteiger partial charge is 0.229 e. The van der Waals surface area contributed by atoms with Gasteiger partial charge in [-0.2, -0.15) is 0 Å². The minimum Gasteiger partial charge on any atom is -0.368 e. The Morgan fingerprint density at radius 2 is 0.725 bits per heavy atom. The highest BCUT2D eigenvalue weighted by atomic mass is 19.1. The van der Waals surface area contributed by atoms with Crippen LogP contribution >= 0.6 is 0 Å². The highest BCUT2D eigenvalue weighted by molar-refractivity contribution is 5.90. The lowest BCUT2D eigenvalue weighted by atomic mass is 10.0. The van der Waals surface area contributed by atoms with Crippen LogP contribution in [0.5, 0.6) is 0 Å². The highest BCUT2D eigenvalue weighted by Gasteiger charge is 2.35. The predicted octanol–water partition coefficient (Wildman–Crippen LogP) is 17.8. The molecular weight excluding hydrogens is 1800 g/mol. The molecule has 12 aromatic heterocycles. The van der Waals surface area contributed by atoms with E-state index in [-0.39, 0.29) is 28.3 Å². The number of nitrogens with zero attached hydrogens (tertiary/aromatic N) is 24. The summed E-state index contributed by atoms with van der Waals surface area (Å²) in [5.74, 6) is 6.90. The average molecular weight is 1920 g/mol. The zero-order valence-electron chi connectivity index (χ0n) is 82.3. The summed E-state index contributed by atoms with van der Waals surface area (Å²) in [6.07, 6.45) is 21.6. The summed E-state index contributed by atoms with van der Waals surface area (Å²) in [7, 11) is 0. The normalized spacial score (nSPS) is 19.0. The minimum atomic E-state index is -0.462. The molecule has 142 heavy (non-hydrogen) atoms. The highest BCUT2D eigenvalue weighted by Crippen LogP contribution is 2.43. The third-order valence-electron chi connectivity index (χ3n) is 28.8. The van der Waals surface area contributed by atoms with Gasteiger partial charge in [0.2, 0.25) is 23.8 Å². The summed E-state index contributed by atoms with van der Waals surface area (Å²) in [4.78, 5) is 81.6. The van der Waals surface area contributed by atoms with Crippen LogP contribution in [0.4, 0.5) is 87.4 Å². The molecule has 32 nitrogen and oxygen atoms in total. The van der Waals surface area contributed by atoms with E-state index in [9.17, 15) is 17.6 Å². The molecule has 6 atom stereocenters. The molecule has 4 saturated heterocycles. The summed E-state index contributed by atoms with van der Waals surface area (Å²) in [6.45, 7) is 39.1. The number of aromatic nitrogens is 20. The summed E-state index contributed by atoms with van der Waals surface area (Å²) in [6, 6.07) is 33.8. The SMILES string of the molecule is CCC1CCc2nc3c(C)cc(-c4nc(Nc5ccc(N6CCNC(C)C6)cn5)ncc4F)cc3n21.CCC1Cc2nc3c(C)cc(-c4nc(Nc5ccc(N6CCNCC6)cn5)ncc4F)cc3n2C1.Cc1cc(-c2nc(Nc3ccc(N4CCNC(C)C4)cn3)ncc2F)cc2c1nc1n2C(C)(C)CC1.Cc1cc(-c2nc(Nc3ccc(N4CCNC(C)C4)cn3)ncc2F)cc2c1nc1n2C(C)CC1. The Labute approximate surface area is 821 Å². The Bertz CT molecular complexity index is 7360. The van der Waals surface area contributed by atoms with Gasteiger partial charge in [-0.25, -0.2) is 97.3 Å². The van der Waals surface area contributed by atoms with Gasteiger partial charge in [-0.1, -0.05) is 20.3 Å². The Hall–Kier alpha value is -14.4. The van der Waals surface area contributed by atoms with Crippen molar-refractivity contribution in [2.45, 2.75) is 183 Å². The first-order chi connectivity index (χ1) is 68.8. The predicted molar refractivity (Wildman–Crippen MR) is 552 cm³/mol. The first-order valence-electron chi connectivity index (χ1n) is 49.8. The zero-order chi connectivity index (χ0) is 97.9. The number of pyridine rings is 4. The molecule has 36 heteroatoms. The van der Waals surface area contributed by atoms with E-state index in [1.165, 1.54) is 24.8 Å². The Balaban J connectivity index is 0.000000112. The molecule has 0 amide bonds. The third kappa shape index (κ3) is 19.3. The van der Waals surface area contributed by atoms with E-state index in [0.717, 1.165) is 279 Å². The van der Waals surface area contributed by atoms with Gasteiger partial charge >= 0.3 is 0 Å². The van der Waals surface area contributed by atoms with Crippen molar-refractivity contribution in [2.75, 3.05) is 126 Å². The van der Waals surface area contributed by atoms with Gasteiger partial charge in [0.05, 0.1) is 116 Å². The second-order valence-corrected chi connectivity index (χ2v) is 39.5. The van der Waals surface area contributed by atoms with E-state index >= 15 is 0 Å². The molecule has 8 N–H and O–H groups in total. The average Bonchev–Trinajstić information content (AvgIpc) is 1.57. The molecule has 0 radical (unpaired) electrons. The zero-order valence-corrected chi connectivity index (χ0v) is 82.3. The number of hydrogen-bond acceptors (Lipinski definition) is 28. The van der Waals surface area contributed by atoms with Gasteiger partial charge in [-0.05, 0) is 220 Å². The van der Waals surface area contributed by atoms with Crippen LogP contribution in [-0.2, 0) is 37.8 Å². The van der Waals surface area contributed by atoms with Gasteiger partial charge in [-0.3, -0.25) is 0 Å². The minimum absolute atomic E-state index is 0.0212. The molecule has 8 aliphatic heterocycles. The van der Waals surface area contributed by atoms with Gasteiger partial charge in [0.1, 0.15) is 69.3 Å². The van der Waals surface area contributed by atoms with Crippen molar-refractivity contribution >= 4 is 114 Å². The molecular formula is C106H120F4N32. The molecule has 4 fully saturated rings. The number of anilines is 12. The fourth-order valence-electron chi connectivity index (χ4n) is 21.3. The van der Waals surface area contributed by atoms with Crippen molar-refractivity contribution < 1.29 is 17.6 Å². The van der Waals surface area contributed by atoms with Crippen molar-refractivity contribution in [3.63, 3.8) is 0 Å². The molecule has 0 aliphatic carbocycles. The second-order valence-electron chi connectivity index (χ2n) is 39.5. The van der Waals surface area contributed by atoms with E-state index in [1.54, 1.807) is 0 Å². The van der Waals surface area contributed by atoms with Crippen LogP contribution < -0.4 is 62.1 Å². The van der Waals surface area contributed by atoms with Gasteiger partial charge in [0.15, 0.2) is 23.3 Å². The monoisotopic (exact) mass is 1920 g/mol. The number of nitrogens with one attached hydrogen (secondary N) is 8. The number of fused-ring (bicyclic) bond motifs is 12. The molecule has 0 saturated carbocycles. The number of piperazine rings is 4. The summed E-state index contributed by atoms with van der Waals surface area (Å²) in [5.41, 5.74) is 20.4. The van der Waals surface area contributed by atoms with Crippen LogP contribution in [0.2, 0.25) is 0 Å². The van der Waals surface area contributed by atoms with Crippen molar-refractivity contribution in [1.82, 2.24) is 119 Å². The Kier molecular flexibility index (Phi) is 26.2. The molecule has 0 bridgehead atoms. The first-order valence-corrected chi connectivity index (χ1v) is 49.8. The first kappa shape index (κ1) is 93.9. The number of imidazole rings is 4. The lowest BCUT2D eigenvalue weighted by Gasteiger charge is -2.33. The van der Waals surface area contributed by atoms with E-state index in [2.05, 4.69) is 196 Å². The molecule has 20 heterocycles. The Morgan fingerprint density at radius 3 is 1.13 bits per heavy atom. The lowest BCUT2D eigenvalue weighted by molar-refractivity contribution is 0.386. The lowest BCUT2D eigenvalue weighted by Crippen LogP contribution is -2.49. The molecule has 24 rings (SSSR count). The standard InChI is InChI=1S/2C27H31FN8.2C26H29FN8/c1-16-11-18(12-21-24(16)33-23-7-8-27(3,4)36(21)23)25-20(28)14-31-26(34-25)32-22-6-5-19(13-30-22)35-10-9-29-17(2)15-35;1-4-19-6-8-24-33-25-16(2)11-18(12-22(25)36(19)24)26-21(28)14-31-27(34-26)32-23-7-5-20(13-30-23)35-10-9-29-17(3)15-35;1-15-10-18(11-21-24(15)32-23-7-4-17(3)35(21)23)25-20(27)13-30-26(33-25)31-22-6-5-19(12-29-22)34-9-8-28-16(2)14-34;1-3-17-11-23-32-24-16(2)10-18(12-21(24)35(23)15-17)25-20(27)14-30-26(33-25)31-22-5-4-19(13-29-22)34-8-6-28-7-9-34/h5-6,11-14,17,29H,7-10,15H2,1-4H3,(H,30,31,32,34);5,7,11-14,17,19,29H,4,6,8-10,15H2,1-3H3,(H,30,31,32,34);5-6,10-13,16-17,28H,4,7-9,14H2,1-3H3,(H,29,30,31,33);4-5,10,12-14,17,28H,3,6-9,11,15H2,1-2H3,(H,29,30,31,33). The van der Waals surface area contributed by atoms with Gasteiger partial charge in [-0.15, -0.1) is 0 Å². The third-order valence-corrected chi connectivity index (χ3v) is 28.8. The largest absolute Gasteiger partial charge is 0.368 e. The number of hydrogen-bond donors (Lipinski definition) is 8. The van der Waals surface area contributed by atoms with E-state index < -0.39 is 23.3 Å². The van der Waals surface area contributed by atoms with Crippen molar-refractivity contribution in [2.24, 2.45) is 5.92 Å². The molecule has 16 aromatic rings. The van der Waals surface area contributed by atoms with Crippen molar-refractivity contribution in [3.8, 4) is 45.0 Å². The molecule has 0 spiro atoms. The van der Waals surface area contributed by atoms with Gasteiger partial charge in [0.25, 0.3) is 0 Å². The van der Waals surface area contributed by atoms with E-state index in [0.29, 0.717) is 88.8 Å². The number of rotatable bonds is 18. The fraction of sp³-hybridized carbons (Fsp3) is 0.396. The van der Waals surface area contributed by atoms with Gasteiger partial charge in [0, 0.05) is 175 Å². The Morgan fingerprint density at radius 1 is 0.366 bits per heavy atom. The second kappa shape index (κ2) is 39.6. The van der Waals surface area contributed by atoms with Crippen LogP contribution in [0.25, 0.3) is 89.2 Å². The van der Waals surface area contributed by atoms with E-state index in [1.807, 2.05) is 150 Å². The van der Waals surface area contributed by atoms with Crippen molar-refractivity contribution in [1.29, 1.82) is 0 Å². The molecule has 8 aliphatic rings. The number of benzene rings is 4. The van der Waals surface area contributed by atoms with E-state index in [4.69, 9.17) is 19.9 Å². The summed E-state index contributed by atoms with van der Waals surface area (Å²) >= 11 is 0. The van der Waals surface area contributed by atoms with Crippen molar-refractivity contribution in [3.05, 3.63) is 215 Å². The van der Waals surface area contributed by atoms with Crippen LogP contribution in [0.3, 0.4) is 0 Å². The number of halogens is 4. The van der Waals surface area contributed by atoms with Crippen LogP contribution in [0.1, 0.15) is 145 Å². The fourth-order valence-corrected chi connectivity index (χ4v) is 21.3. The molecule has 6 unspecified atom stereocenters. The van der Waals surface area contributed by atoms with Crippen LogP contribution in [0, 0.1) is 56.9 Å². The van der Waals surface area contributed by atoms with Crippen LogP contribution in [0.15, 0.2) is 147 Å². The quantitative estimate of drug-likeness (QED) is 0.0370. The molecule has 4 aromatic carbocycles. The maximum Gasteiger partial charge on any atom is 0.229 e. The maximum atomic E-state index is 15.0. The van der Waals surface area contributed by atoms with Crippen LogP contribution in [-0.4, -0.2) is 201 Å². The number of aryl methyl sites for hydroxylation is 7. The maximum absolute atomic E-state index is 15.0. The summed E-state index contributed by atoms with van der Waals surface area (Å²) < 4.78 is 68.9. The van der Waals surface area contributed by atoms with Gasteiger partial charge < -0.3 is 80.4 Å². The summed E-state index contributed by atoms with van der Waals surface area (Å²) in [5, 5.41) is 26.2. The topological polar surface area (TPSA) is 335 Å². The molecule has 732 valence electrons.